The maximum Gasteiger partial charge on any atom is 0.407 e. The van der Waals surface area contributed by atoms with Crippen LogP contribution in [-0.2, 0) is 13.0 Å². The largest absolute Gasteiger partial charge is 0.465 e. The van der Waals surface area contributed by atoms with E-state index in [4.69, 9.17) is 5.11 Å². The number of aromatic nitrogens is 1. The molecule has 4 heteroatoms. The molecule has 2 N–H and O–H groups in total. The number of nitrogens with zero attached hydrogens (tertiary/aromatic N) is 1. The summed E-state index contributed by atoms with van der Waals surface area (Å²) in [7, 11) is 0. The Hall–Kier alpha value is -1.97. The van der Waals surface area contributed by atoms with E-state index < -0.39 is 6.09 Å². The minimum atomic E-state index is -0.846. The summed E-state index contributed by atoms with van der Waals surface area (Å²) in [6.07, 6.45) is -0.0622. The normalized spacial score (nSPS) is 19.4. The van der Waals surface area contributed by atoms with Crippen LogP contribution in [0, 0.1) is 0 Å². The number of hydrogen-bond donors (Lipinski definition) is 2. The van der Waals surface area contributed by atoms with Crippen LogP contribution in [0.2, 0.25) is 0 Å². The third-order valence-corrected chi connectivity index (χ3v) is 3.51. The van der Waals surface area contributed by atoms with Crippen LogP contribution in [-0.4, -0.2) is 27.1 Å². The number of carboxylic acid groups (broad SMARTS) is 1. The maximum atomic E-state index is 11.1. The van der Waals surface area contributed by atoms with Crippen LogP contribution in [0.25, 0.3) is 10.9 Å². The van der Waals surface area contributed by atoms with Crippen molar-refractivity contribution in [1.29, 1.82) is 0 Å². The molecule has 1 aliphatic rings. The molecule has 1 unspecified atom stereocenters. The third-order valence-electron chi connectivity index (χ3n) is 3.51. The molecule has 0 radical (unpaired) electrons. The van der Waals surface area contributed by atoms with E-state index in [0.29, 0.717) is 6.54 Å². The zero-order valence-corrected chi connectivity index (χ0v) is 9.60. The minimum Gasteiger partial charge on any atom is -0.465 e. The number of nitrogens with one attached hydrogen (secondary N) is 1. The molecular formula is C13H14N2O2. The summed E-state index contributed by atoms with van der Waals surface area (Å²) in [5.74, 6) is 0. The number of rotatable bonds is 0. The Balaban J connectivity index is 2.12. The SMILES string of the molecule is CC1Cc2c([nH]c3ccccc23)CN1C(=O)O. The number of fused-ring (bicyclic) bond motifs is 3. The molecule has 2 heterocycles. The molecule has 1 amide bonds. The van der Waals surface area contributed by atoms with Gasteiger partial charge in [-0.05, 0) is 25.0 Å². The molecule has 0 saturated carbocycles. The first kappa shape index (κ1) is 10.2. The molecule has 0 saturated heterocycles. The zero-order chi connectivity index (χ0) is 12.0. The zero-order valence-electron chi connectivity index (χ0n) is 9.60. The van der Waals surface area contributed by atoms with Crippen molar-refractivity contribution in [3.63, 3.8) is 0 Å². The minimum absolute atomic E-state index is 0.0409. The molecule has 0 bridgehead atoms. The van der Waals surface area contributed by atoms with Gasteiger partial charge in [-0.25, -0.2) is 4.79 Å². The lowest BCUT2D eigenvalue weighted by molar-refractivity contribution is 0.119. The lowest BCUT2D eigenvalue weighted by Gasteiger charge is -2.31. The first-order chi connectivity index (χ1) is 8.16. The van der Waals surface area contributed by atoms with Gasteiger partial charge in [0.05, 0.1) is 6.54 Å². The molecule has 4 nitrogen and oxygen atoms in total. The first-order valence-electron chi connectivity index (χ1n) is 5.75. The van der Waals surface area contributed by atoms with E-state index in [2.05, 4.69) is 11.1 Å². The van der Waals surface area contributed by atoms with Crippen LogP contribution in [0.5, 0.6) is 0 Å². The molecule has 0 spiro atoms. The second-order valence-corrected chi connectivity index (χ2v) is 4.59. The van der Waals surface area contributed by atoms with Crippen molar-refractivity contribution in [3.8, 4) is 0 Å². The summed E-state index contributed by atoms with van der Waals surface area (Å²) in [5.41, 5.74) is 3.40. The Morgan fingerprint density at radius 2 is 2.24 bits per heavy atom. The number of hydrogen-bond acceptors (Lipinski definition) is 1. The van der Waals surface area contributed by atoms with Gasteiger partial charge in [0.2, 0.25) is 0 Å². The van der Waals surface area contributed by atoms with Crippen molar-refractivity contribution >= 4 is 17.0 Å². The van der Waals surface area contributed by atoms with E-state index in [0.717, 1.165) is 17.6 Å². The van der Waals surface area contributed by atoms with Crippen LogP contribution in [0.15, 0.2) is 24.3 Å². The topological polar surface area (TPSA) is 56.3 Å². The highest BCUT2D eigenvalue weighted by atomic mass is 16.4. The van der Waals surface area contributed by atoms with Gasteiger partial charge in [-0.3, -0.25) is 4.90 Å². The van der Waals surface area contributed by atoms with Crippen molar-refractivity contribution in [2.45, 2.75) is 25.9 Å². The van der Waals surface area contributed by atoms with Crippen LogP contribution in [0.1, 0.15) is 18.2 Å². The van der Waals surface area contributed by atoms with Gasteiger partial charge in [-0.2, -0.15) is 0 Å². The fourth-order valence-electron chi connectivity index (χ4n) is 2.61. The summed E-state index contributed by atoms with van der Waals surface area (Å²) < 4.78 is 0. The molecular weight excluding hydrogens is 216 g/mol. The molecule has 0 fully saturated rings. The molecule has 2 aromatic rings. The Kier molecular flexibility index (Phi) is 2.11. The van der Waals surface area contributed by atoms with Crippen molar-refractivity contribution in [2.24, 2.45) is 0 Å². The summed E-state index contributed by atoms with van der Waals surface area (Å²) >= 11 is 0. The monoisotopic (exact) mass is 230 g/mol. The first-order valence-corrected chi connectivity index (χ1v) is 5.75. The fraction of sp³-hybridized carbons (Fsp3) is 0.308. The van der Waals surface area contributed by atoms with Gasteiger partial charge < -0.3 is 10.1 Å². The predicted molar refractivity (Wildman–Crippen MR) is 65.0 cm³/mol. The number of benzene rings is 1. The lowest BCUT2D eigenvalue weighted by Crippen LogP contribution is -2.41. The Bertz CT molecular complexity index is 588. The molecule has 1 atom stereocenters. The van der Waals surface area contributed by atoms with Crippen molar-refractivity contribution in [2.75, 3.05) is 0 Å². The predicted octanol–water partition coefficient (Wildman–Crippen LogP) is 2.59. The third kappa shape index (κ3) is 1.48. The van der Waals surface area contributed by atoms with E-state index >= 15 is 0 Å². The molecule has 88 valence electrons. The van der Waals surface area contributed by atoms with Gasteiger partial charge >= 0.3 is 6.09 Å². The van der Waals surface area contributed by atoms with Gasteiger partial charge in [0.25, 0.3) is 0 Å². The number of amides is 1. The number of para-hydroxylation sites is 1. The van der Waals surface area contributed by atoms with E-state index in [1.165, 1.54) is 15.8 Å². The highest BCUT2D eigenvalue weighted by Crippen LogP contribution is 2.29. The van der Waals surface area contributed by atoms with Crippen LogP contribution >= 0.6 is 0 Å². The molecule has 1 aromatic heterocycles. The molecule has 0 aliphatic carbocycles. The average molecular weight is 230 g/mol. The van der Waals surface area contributed by atoms with E-state index in [-0.39, 0.29) is 6.04 Å². The molecule has 17 heavy (non-hydrogen) atoms. The number of carbonyl (C=O) groups is 1. The van der Waals surface area contributed by atoms with Gasteiger partial charge in [-0.15, -0.1) is 0 Å². The standard InChI is InChI=1S/C13H14N2O2/c1-8-6-10-9-4-2-3-5-11(9)14-12(10)7-15(8)13(16)17/h2-5,8,14H,6-7H2,1H3,(H,16,17). The van der Waals surface area contributed by atoms with E-state index in [9.17, 15) is 4.79 Å². The number of H-pyrrole nitrogens is 1. The molecule has 3 rings (SSSR count). The Labute approximate surface area is 98.9 Å². The van der Waals surface area contributed by atoms with E-state index in [1.54, 1.807) is 0 Å². The number of aromatic amines is 1. The lowest BCUT2D eigenvalue weighted by atomic mass is 9.98. The van der Waals surface area contributed by atoms with Crippen LogP contribution in [0.4, 0.5) is 4.79 Å². The fourth-order valence-corrected chi connectivity index (χ4v) is 2.61. The summed E-state index contributed by atoms with van der Waals surface area (Å²) in [4.78, 5) is 15.9. The molecule has 1 aromatic carbocycles. The van der Waals surface area contributed by atoms with Crippen LogP contribution in [0.3, 0.4) is 0 Å². The maximum absolute atomic E-state index is 11.1. The summed E-state index contributed by atoms with van der Waals surface area (Å²) in [5, 5.41) is 10.3. The van der Waals surface area contributed by atoms with Gasteiger partial charge in [0, 0.05) is 22.6 Å². The highest BCUT2D eigenvalue weighted by molar-refractivity contribution is 5.85. The Morgan fingerprint density at radius 1 is 1.47 bits per heavy atom. The van der Waals surface area contributed by atoms with Crippen molar-refractivity contribution < 1.29 is 9.90 Å². The van der Waals surface area contributed by atoms with Gasteiger partial charge in [0.1, 0.15) is 0 Å². The smallest absolute Gasteiger partial charge is 0.407 e. The van der Waals surface area contributed by atoms with Crippen molar-refractivity contribution in [1.82, 2.24) is 9.88 Å². The summed E-state index contributed by atoms with van der Waals surface area (Å²) in [6, 6.07) is 8.17. The Morgan fingerprint density at radius 3 is 3.00 bits per heavy atom. The van der Waals surface area contributed by atoms with Crippen LogP contribution < -0.4 is 0 Å². The van der Waals surface area contributed by atoms with Gasteiger partial charge in [-0.1, -0.05) is 18.2 Å². The highest BCUT2D eigenvalue weighted by Gasteiger charge is 2.28. The quantitative estimate of drug-likeness (QED) is 0.730. The second kappa shape index (κ2) is 3.52. The summed E-state index contributed by atoms with van der Waals surface area (Å²) in [6.45, 7) is 2.42. The molecule has 1 aliphatic heterocycles. The second-order valence-electron chi connectivity index (χ2n) is 4.59. The van der Waals surface area contributed by atoms with Crippen molar-refractivity contribution in [3.05, 3.63) is 35.5 Å². The average Bonchev–Trinajstić information content (AvgIpc) is 2.65. The van der Waals surface area contributed by atoms with Gasteiger partial charge in [0.15, 0.2) is 0 Å². The van der Waals surface area contributed by atoms with E-state index in [1.807, 2.05) is 25.1 Å².